The van der Waals surface area contributed by atoms with Crippen molar-refractivity contribution in [1.82, 2.24) is 0 Å². The van der Waals surface area contributed by atoms with Gasteiger partial charge < -0.3 is 9.47 Å². The van der Waals surface area contributed by atoms with Gasteiger partial charge in [-0.2, -0.15) is 0 Å². The van der Waals surface area contributed by atoms with Crippen LogP contribution in [0.1, 0.15) is 40.0 Å². The zero-order valence-corrected chi connectivity index (χ0v) is 13.7. The Morgan fingerprint density at radius 1 is 1.35 bits per heavy atom. The van der Waals surface area contributed by atoms with Crippen LogP contribution in [0, 0.1) is 16.0 Å². The molecule has 0 saturated carbocycles. The maximum Gasteiger partial charge on any atom is 0.334 e. The molecule has 0 saturated heterocycles. The summed E-state index contributed by atoms with van der Waals surface area (Å²) < 4.78 is 9.75. The first-order chi connectivity index (χ1) is 10.9. The van der Waals surface area contributed by atoms with Crippen LogP contribution >= 0.6 is 0 Å². The molecule has 0 bridgehead atoms. The Morgan fingerprint density at radius 2 is 2.00 bits per heavy atom. The normalized spacial score (nSPS) is 23.6. The van der Waals surface area contributed by atoms with E-state index in [0.29, 0.717) is 12.0 Å². The number of carbonyl (C=O) groups is 2. The van der Waals surface area contributed by atoms with Crippen LogP contribution in [0.3, 0.4) is 0 Å². The Labute approximate surface area is 135 Å². The number of nitro groups is 1. The maximum absolute atomic E-state index is 12.0. The van der Waals surface area contributed by atoms with Crippen LogP contribution in [0.5, 0.6) is 0 Å². The van der Waals surface area contributed by atoms with Gasteiger partial charge in [0.25, 0.3) is 0 Å². The lowest BCUT2D eigenvalue weighted by molar-refractivity contribution is -0.575. The van der Waals surface area contributed by atoms with E-state index >= 15 is 0 Å². The highest BCUT2D eigenvalue weighted by Crippen LogP contribution is 2.43. The molecule has 2 atom stereocenters. The zero-order chi connectivity index (χ0) is 17.5. The Hall–Kier alpha value is -2.18. The standard InChI is InChI=1S/C16H23NO6/c1-4-13-12(15(19)23-6-3)9-11-16(13,17(20)21)10-7-8-14(18)22-5-2/h7-9,13H,4-6,10-11H2,1-3H3/b8-7+/t13-,16+/m1/s1. The van der Waals surface area contributed by atoms with Crippen molar-refractivity contribution in [2.24, 2.45) is 5.92 Å². The van der Waals surface area contributed by atoms with Gasteiger partial charge in [0, 0.05) is 29.4 Å². The fraction of sp³-hybridized carbons (Fsp3) is 0.625. The van der Waals surface area contributed by atoms with Crippen LogP contribution in [-0.4, -0.2) is 35.6 Å². The van der Waals surface area contributed by atoms with Crippen molar-refractivity contribution < 1.29 is 24.0 Å². The molecule has 0 N–H and O–H groups in total. The van der Waals surface area contributed by atoms with Crippen LogP contribution in [-0.2, 0) is 19.1 Å². The number of hydrogen-bond acceptors (Lipinski definition) is 6. The van der Waals surface area contributed by atoms with Gasteiger partial charge in [-0.15, -0.1) is 0 Å². The highest BCUT2D eigenvalue weighted by molar-refractivity contribution is 5.90. The minimum absolute atomic E-state index is 0.0523. The molecule has 1 aliphatic carbocycles. The van der Waals surface area contributed by atoms with E-state index in [2.05, 4.69) is 0 Å². The third kappa shape index (κ3) is 4.18. The fourth-order valence-electron chi connectivity index (χ4n) is 2.95. The summed E-state index contributed by atoms with van der Waals surface area (Å²) in [6.07, 6.45) is 4.87. The van der Waals surface area contributed by atoms with Gasteiger partial charge in [0.1, 0.15) is 0 Å². The van der Waals surface area contributed by atoms with E-state index in [1.165, 1.54) is 12.2 Å². The molecule has 7 nitrogen and oxygen atoms in total. The summed E-state index contributed by atoms with van der Waals surface area (Å²) in [6.45, 7) is 5.65. The van der Waals surface area contributed by atoms with Gasteiger partial charge in [-0.1, -0.05) is 19.1 Å². The van der Waals surface area contributed by atoms with Crippen molar-refractivity contribution in [2.75, 3.05) is 13.2 Å². The molecule has 23 heavy (non-hydrogen) atoms. The number of nitrogens with zero attached hydrogens (tertiary/aromatic N) is 1. The molecule has 0 spiro atoms. The topological polar surface area (TPSA) is 95.7 Å². The SMILES string of the molecule is CCOC(=O)/C=C/C[C@]1([N+](=O)[O-])CC=C(C(=O)OCC)[C@H]1CC. The van der Waals surface area contributed by atoms with Crippen molar-refractivity contribution in [2.45, 2.75) is 45.6 Å². The monoisotopic (exact) mass is 325 g/mol. The van der Waals surface area contributed by atoms with Crippen LogP contribution in [0.4, 0.5) is 0 Å². The summed E-state index contributed by atoms with van der Waals surface area (Å²) >= 11 is 0. The average Bonchev–Trinajstić information content (AvgIpc) is 2.87. The van der Waals surface area contributed by atoms with Crippen molar-refractivity contribution in [1.29, 1.82) is 0 Å². The molecule has 0 aromatic rings. The van der Waals surface area contributed by atoms with Gasteiger partial charge in [-0.05, 0) is 20.3 Å². The van der Waals surface area contributed by atoms with Crippen molar-refractivity contribution >= 4 is 11.9 Å². The van der Waals surface area contributed by atoms with Crippen LogP contribution < -0.4 is 0 Å². The van der Waals surface area contributed by atoms with Crippen LogP contribution in [0.15, 0.2) is 23.8 Å². The van der Waals surface area contributed by atoms with E-state index in [1.54, 1.807) is 26.8 Å². The third-order valence-electron chi connectivity index (χ3n) is 3.99. The maximum atomic E-state index is 12.0. The van der Waals surface area contributed by atoms with Crippen molar-refractivity contribution in [3.8, 4) is 0 Å². The summed E-state index contributed by atoms with van der Waals surface area (Å²) in [5, 5.41) is 11.7. The predicted molar refractivity (Wildman–Crippen MR) is 83.2 cm³/mol. The second-order valence-corrected chi connectivity index (χ2v) is 5.26. The Morgan fingerprint density at radius 3 is 2.52 bits per heavy atom. The molecule has 0 aliphatic heterocycles. The third-order valence-corrected chi connectivity index (χ3v) is 3.99. The minimum Gasteiger partial charge on any atom is -0.463 e. The first-order valence-corrected chi connectivity index (χ1v) is 7.77. The molecule has 1 rings (SSSR count). The van der Waals surface area contributed by atoms with Crippen molar-refractivity contribution in [3.63, 3.8) is 0 Å². The first kappa shape index (κ1) is 18.9. The molecular weight excluding hydrogens is 302 g/mol. The first-order valence-electron chi connectivity index (χ1n) is 7.77. The number of carbonyl (C=O) groups excluding carboxylic acids is 2. The Bertz CT molecular complexity index is 525. The molecular formula is C16H23NO6. The second kappa shape index (κ2) is 8.45. The number of hydrogen-bond donors (Lipinski definition) is 0. The van der Waals surface area contributed by atoms with E-state index < -0.39 is 23.4 Å². The number of esters is 2. The lowest BCUT2D eigenvalue weighted by Crippen LogP contribution is -2.43. The van der Waals surface area contributed by atoms with E-state index in [9.17, 15) is 19.7 Å². The molecule has 1 aliphatic rings. The second-order valence-electron chi connectivity index (χ2n) is 5.26. The lowest BCUT2D eigenvalue weighted by Gasteiger charge is -2.27. The Kier molecular flexibility index (Phi) is 6.93. The van der Waals surface area contributed by atoms with E-state index in [4.69, 9.17) is 9.47 Å². The van der Waals surface area contributed by atoms with E-state index in [1.807, 2.05) is 0 Å². The highest BCUT2D eigenvalue weighted by atomic mass is 16.6. The molecule has 0 amide bonds. The number of rotatable bonds is 8. The molecule has 0 heterocycles. The largest absolute Gasteiger partial charge is 0.463 e. The van der Waals surface area contributed by atoms with Gasteiger partial charge in [-0.3, -0.25) is 10.1 Å². The van der Waals surface area contributed by atoms with Gasteiger partial charge in [0.15, 0.2) is 0 Å². The van der Waals surface area contributed by atoms with Crippen LogP contribution in [0.2, 0.25) is 0 Å². The quantitative estimate of drug-likeness (QED) is 0.294. The average molecular weight is 325 g/mol. The summed E-state index contributed by atoms with van der Waals surface area (Å²) in [4.78, 5) is 34.7. The zero-order valence-electron chi connectivity index (χ0n) is 13.7. The molecule has 0 aromatic carbocycles. The molecule has 0 fully saturated rings. The van der Waals surface area contributed by atoms with Gasteiger partial charge in [-0.25, -0.2) is 9.59 Å². The highest BCUT2D eigenvalue weighted by Gasteiger charge is 2.54. The summed E-state index contributed by atoms with van der Waals surface area (Å²) in [5.74, 6) is -1.57. The molecule has 0 unspecified atom stereocenters. The summed E-state index contributed by atoms with van der Waals surface area (Å²) in [6, 6.07) is 0. The molecule has 128 valence electrons. The number of ether oxygens (including phenoxy) is 2. The van der Waals surface area contributed by atoms with E-state index in [-0.39, 0.29) is 31.0 Å². The van der Waals surface area contributed by atoms with Gasteiger partial charge >= 0.3 is 11.9 Å². The summed E-state index contributed by atoms with van der Waals surface area (Å²) in [5.41, 5.74) is -0.963. The van der Waals surface area contributed by atoms with Crippen molar-refractivity contribution in [3.05, 3.63) is 33.9 Å². The van der Waals surface area contributed by atoms with Crippen LogP contribution in [0.25, 0.3) is 0 Å². The fourth-order valence-corrected chi connectivity index (χ4v) is 2.95. The lowest BCUT2D eigenvalue weighted by atomic mass is 9.79. The molecule has 0 radical (unpaired) electrons. The van der Waals surface area contributed by atoms with Gasteiger partial charge in [0.05, 0.1) is 19.1 Å². The molecule has 0 aromatic heterocycles. The predicted octanol–water partition coefficient (Wildman–Crippen LogP) is 2.43. The Balaban J connectivity index is 2.95. The molecule has 7 heteroatoms. The minimum atomic E-state index is -1.32. The summed E-state index contributed by atoms with van der Waals surface area (Å²) in [7, 11) is 0. The van der Waals surface area contributed by atoms with Gasteiger partial charge in [0.2, 0.25) is 5.54 Å². The smallest absolute Gasteiger partial charge is 0.334 e. The van der Waals surface area contributed by atoms with E-state index in [0.717, 1.165) is 0 Å².